The molecule has 2 aromatic rings. The average Bonchev–Trinajstić information content (AvgIpc) is 3.04. The fourth-order valence-corrected chi connectivity index (χ4v) is 4.71. The van der Waals surface area contributed by atoms with E-state index in [2.05, 4.69) is 0 Å². The molecular weight excluding hydrogens is 475 g/mol. The molecule has 2 aromatic carbocycles. The second kappa shape index (κ2) is 9.35. The number of carbonyl (C=O) groups is 4. The van der Waals surface area contributed by atoms with Gasteiger partial charge in [-0.2, -0.15) is 5.01 Å². The Morgan fingerprint density at radius 2 is 1.59 bits per heavy atom. The molecule has 1 fully saturated rings. The van der Waals surface area contributed by atoms with Crippen molar-refractivity contribution in [3.05, 3.63) is 80.3 Å². The van der Waals surface area contributed by atoms with Crippen LogP contribution in [0.3, 0.4) is 0 Å². The summed E-state index contributed by atoms with van der Waals surface area (Å²) in [4.78, 5) is 53.4. The molecule has 0 radical (unpaired) electrons. The molecule has 2 atom stereocenters. The number of aryl methyl sites for hydroxylation is 2. The van der Waals surface area contributed by atoms with Crippen LogP contribution >= 0.6 is 23.2 Å². The van der Waals surface area contributed by atoms with Gasteiger partial charge in [0.25, 0.3) is 17.7 Å². The van der Waals surface area contributed by atoms with Crippen molar-refractivity contribution < 1.29 is 19.2 Å². The summed E-state index contributed by atoms with van der Waals surface area (Å²) in [5.74, 6) is -3.10. The van der Waals surface area contributed by atoms with Crippen molar-refractivity contribution in [1.82, 2.24) is 10.0 Å². The maximum absolute atomic E-state index is 13.6. The number of hydrogen-bond donors (Lipinski definition) is 0. The Bertz CT molecular complexity index is 1250. The van der Waals surface area contributed by atoms with E-state index in [9.17, 15) is 19.2 Å². The molecular formula is C26H24Cl2N2O4. The topological polar surface area (TPSA) is 74.8 Å². The van der Waals surface area contributed by atoms with E-state index in [1.807, 2.05) is 32.9 Å². The molecule has 0 unspecified atom stereocenters. The first-order valence-corrected chi connectivity index (χ1v) is 11.7. The molecule has 8 heteroatoms. The van der Waals surface area contributed by atoms with Gasteiger partial charge in [-0.3, -0.25) is 19.2 Å². The Hall–Kier alpha value is -2.96. The van der Waals surface area contributed by atoms with Gasteiger partial charge in [0.2, 0.25) is 0 Å². The van der Waals surface area contributed by atoms with Gasteiger partial charge in [-0.1, -0.05) is 47.0 Å². The quantitative estimate of drug-likeness (QED) is 0.322. The van der Waals surface area contributed by atoms with E-state index in [0.29, 0.717) is 18.4 Å². The molecule has 1 aliphatic heterocycles. The Labute approximate surface area is 208 Å². The van der Waals surface area contributed by atoms with Crippen molar-refractivity contribution in [2.75, 3.05) is 6.54 Å². The Kier molecular flexibility index (Phi) is 6.65. The lowest BCUT2D eigenvalue weighted by molar-refractivity contribution is -0.154. The molecule has 4 rings (SSSR count). The number of halogens is 2. The number of amides is 3. The van der Waals surface area contributed by atoms with Crippen molar-refractivity contribution in [1.29, 1.82) is 0 Å². The summed E-state index contributed by atoms with van der Waals surface area (Å²) in [6.07, 6.45) is 2.82. The van der Waals surface area contributed by atoms with Gasteiger partial charge in [0.15, 0.2) is 5.78 Å². The van der Waals surface area contributed by atoms with E-state index in [1.54, 1.807) is 12.1 Å². The number of benzene rings is 2. The van der Waals surface area contributed by atoms with E-state index >= 15 is 0 Å². The number of rotatable bonds is 5. The van der Waals surface area contributed by atoms with Crippen LogP contribution in [0.15, 0.2) is 48.0 Å². The largest absolute Gasteiger partial charge is 0.292 e. The Morgan fingerprint density at radius 3 is 2.26 bits per heavy atom. The normalized spacial score (nSPS) is 19.7. The molecule has 1 aliphatic carbocycles. The number of ketones is 1. The van der Waals surface area contributed by atoms with Gasteiger partial charge in [0, 0.05) is 11.1 Å². The molecule has 2 aliphatic rings. The number of allylic oxidation sites excluding steroid dienone is 2. The van der Waals surface area contributed by atoms with Crippen LogP contribution in [0.1, 0.15) is 51.6 Å². The van der Waals surface area contributed by atoms with Crippen molar-refractivity contribution in [3.63, 3.8) is 0 Å². The van der Waals surface area contributed by atoms with Gasteiger partial charge in [-0.05, 0) is 69.0 Å². The van der Waals surface area contributed by atoms with Crippen LogP contribution in [0.2, 0.25) is 10.0 Å². The van der Waals surface area contributed by atoms with Crippen LogP contribution in [-0.4, -0.2) is 40.1 Å². The maximum Gasteiger partial charge on any atom is 0.273 e. The van der Waals surface area contributed by atoms with Gasteiger partial charge >= 0.3 is 0 Å². The summed E-state index contributed by atoms with van der Waals surface area (Å²) in [7, 11) is 0. The number of fused-ring (bicyclic) bond motifs is 1. The zero-order valence-electron chi connectivity index (χ0n) is 19.1. The van der Waals surface area contributed by atoms with Crippen LogP contribution in [0, 0.1) is 25.7 Å². The molecule has 0 aromatic heterocycles. The van der Waals surface area contributed by atoms with E-state index in [0.717, 1.165) is 26.7 Å². The van der Waals surface area contributed by atoms with Crippen LogP contribution < -0.4 is 0 Å². The van der Waals surface area contributed by atoms with E-state index in [-0.39, 0.29) is 21.4 Å². The first-order chi connectivity index (χ1) is 16.1. The van der Waals surface area contributed by atoms with E-state index in [1.165, 1.54) is 18.2 Å². The summed E-state index contributed by atoms with van der Waals surface area (Å²) >= 11 is 12.1. The lowest BCUT2D eigenvalue weighted by atomic mass is 9.82. The molecule has 0 bridgehead atoms. The lowest BCUT2D eigenvalue weighted by Gasteiger charge is -2.30. The third-order valence-electron chi connectivity index (χ3n) is 6.56. The van der Waals surface area contributed by atoms with Crippen LogP contribution in [-0.2, 0) is 9.59 Å². The molecule has 0 N–H and O–H groups in total. The molecule has 1 saturated heterocycles. The summed E-state index contributed by atoms with van der Waals surface area (Å²) in [6.45, 7) is 5.27. The van der Waals surface area contributed by atoms with Gasteiger partial charge in [0.1, 0.15) is 6.54 Å². The van der Waals surface area contributed by atoms with Crippen LogP contribution in [0.25, 0.3) is 0 Å². The molecule has 176 valence electrons. The lowest BCUT2D eigenvalue weighted by Crippen LogP contribution is -2.52. The van der Waals surface area contributed by atoms with E-state index in [4.69, 9.17) is 23.2 Å². The van der Waals surface area contributed by atoms with Gasteiger partial charge in [0.05, 0.1) is 21.9 Å². The van der Waals surface area contributed by atoms with Crippen LogP contribution in [0.4, 0.5) is 0 Å². The smallest absolute Gasteiger partial charge is 0.273 e. The zero-order valence-corrected chi connectivity index (χ0v) is 20.6. The SMILES string of the molecule is CC1=CC[C@@H]2C(=O)N(N(CC(=O)c3ccc(C)c(C)c3)C(=O)c3ccc(Cl)c(Cl)c3)C(=O)[C@@H]2C1. The molecule has 6 nitrogen and oxygen atoms in total. The summed E-state index contributed by atoms with van der Waals surface area (Å²) in [6, 6.07) is 9.51. The third kappa shape index (κ3) is 4.40. The minimum Gasteiger partial charge on any atom is -0.292 e. The van der Waals surface area contributed by atoms with Crippen molar-refractivity contribution in [2.24, 2.45) is 11.8 Å². The van der Waals surface area contributed by atoms with Gasteiger partial charge < -0.3 is 0 Å². The van der Waals surface area contributed by atoms with Crippen molar-refractivity contribution in [3.8, 4) is 0 Å². The maximum atomic E-state index is 13.6. The standard InChI is InChI=1S/C26H24Cl2N2O4/c1-14-4-8-19-20(10-14)26(34)30(25(19)33)29(24(32)18-7-9-21(27)22(28)12-18)13-23(31)17-6-5-15(2)16(3)11-17/h4-7,9,11-12,19-20H,8,10,13H2,1-3H3/t19-,20+/m0/s1. The number of Topliss-reactive ketones (excluding diaryl/α,β-unsaturated/α-hetero) is 1. The Morgan fingerprint density at radius 1 is 0.912 bits per heavy atom. The second-order valence-electron chi connectivity index (χ2n) is 8.91. The molecule has 0 saturated carbocycles. The van der Waals surface area contributed by atoms with Crippen molar-refractivity contribution >= 4 is 46.7 Å². The number of imide groups is 1. The summed E-state index contributed by atoms with van der Waals surface area (Å²) in [5.41, 5.74) is 3.49. The molecule has 34 heavy (non-hydrogen) atoms. The highest BCUT2D eigenvalue weighted by Gasteiger charge is 2.51. The number of carbonyl (C=O) groups excluding carboxylic acids is 4. The molecule has 1 heterocycles. The van der Waals surface area contributed by atoms with Crippen LogP contribution in [0.5, 0.6) is 0 Å². The number of hydrazine groups is 1. The fourth-order valence-electron chi connectivity index (χ4n) is 4.41. The number of nitrogens with zero attached hydrogens (tertiary/aromatic N) is 2. The summed E-state index contributed by atoms with van der Waals surface area (Å²) in [5, 5.41) is 2.23. The molecule has 3 amide bonds. The van der Waals surface area contributed by atoms with Crippen molar-refractivity contribution in [2.45, 2.75) is 33.6 Å². The predicted octanol–water partition coefficient (Wildman–Crippen LogP) is 5.19. The predicted molar refractivity (Wildman–Crippen MR) is 130 cm³/mol. The fraction of sp³-hybridized carbons (Fsp3) is 0.308. The highest BCUT2D eigenvalue weighted by molar-refractivity contribution is 6.42. The first-order valence-electron chi connectivity index (χ1n) is 11.0. The zero-order chi connectivity index (χ0) is 24.7. The second-order valence-corrected chi connectivity index (χ2v) is 9.72. The first kappa shape index (κ1) is 24.2. The monoisotopic (exact) mass is 498 g/mol. The third-order valence-corrected chi connectivity index (χ3v) is 7.30. The summed E-state index contributed by atoms with van der Waals surface area (Å²) < 4.78 is 0. The molecule has 0 spiro atoms. The van der Waals surface area contributed by atoms with E-state index < -0.39 is 36.1 Å². The highest BCUT2D eigenvalue weighted by atomic mass is 35.5. The minimum absolute atomic E-state index is 0.118. The average molecular weight is 499 g/mol. The van der Waals surface area contributed by atoms with Gasteiger partial charge in [-0.25, -0.2) is 5.01 Å². The number of hydrogen-bond acceptors (Lipinski definition) is 4. The Balaban J connectivity index is 1.72. The van der Waals surface area contributed by atoms with Gasteiger partial charge in [-0.15, -0.1) is 0 Å². The highest BCUT2D eigenvalue weighted by Crippen LogP contribution is 2.38. The minimum atomic E-state index is -0.680.